The number of carbonyl (C=O) groups excluding carboxylic acids is 1. The minimum absolute atomic E-state index is 0.0522. The third-order valence-electron chi connectivity index (χ3n) is 5.16. The van der Waals surface area contributed by atoms with Crippen molar-refractivity contribution in [3.63, 3.8) is 0 Å². The Kier molecular flexibility index (Phi) is 5.69. The summed E-state index contributed by atoms with van der Waals surface area (Å²) in [6.45, 7) is 2.11. The highest BCUT2D eigenvalue weighted by molar-refractivity contribution is 6.31. The van der Waals surface area contributed by atoms with Crippen molar-refractivity contribution in [2.45, 2.75) is 19.3 Å². The molecule has 1 aliphatic rings. The van der Waals surface area contributed by atoms with Crippen LogP contribution in [0.1, 0.15) is 18.4 Å². The average Bonchev–Trinajstić information content (AvgIpc) is 3.10. The number of H-pyrrole nitrogens is 1. The van der Waals surface area contributed by atoms with Crippen molar-refractivity contribution < 1.29 is 4.79 Å². The van der Waals surface area contributed by atoms with Gasteiger partial charge < -0.3 is 15.2 Å². The van der Waals surface area contributed by atoms with Crippen LogP contribution in [-0.2, 0) is 11.2 Å². The number of aromatic amines is 1. The first-order valence-electron chi connectivity index (χ1n) is 9.37. The van der Waals surface area contributed by atoms with Crippen molar-refractivity contribution >= 4 is 45.8 Å². The fourth-order valence-corrected chi connectivity index (χ4v) is 3.97. The molecule has 0 unspecified atom stereocenters. The van der Waals surface area contributed by atoms with Crippen LogP contribution in [0.2, 0.25) is 10.2 Å². The average molecular weight is 418 g/mol. The maximum absolute atomic E-state index is 12.7. The second-order valence-corrected chi connectivity index (χ2v) is 7.87. The molecule has 2 aromatic heterocycles. The lowest BCUT2D eigenvalue weighted by atomic mass is 9.97. The molecule has 8 heteroatoms. The molecule has 0 bridgehead atoms. The molecular formula is C20H21Cl2N5O. The van der Waals surface area contributed by atoms with Gasteiger partial charge in [0.2, 0.25) is 5.91 Å². The van der Waals surface area contributed by atoms with Gasteiger partial charge in [-0.1, -0.05) is 23.2 Å². The Balaban J connectivity index is 1.33. The molecule has 1 amide bonds. The Morgan fingerprint density at radius 3 is 2.96 bits per heavy atom. The number of benzene rings is 1. The number of nitrogens with zero attached hydrogens (tertiary/aromatic N) is 3. The van der Waals surface area contributed by atoms with Crippen molar-refractivity contribution in [1.82, 2.24) is 20.5 Å². The minimum atomic E-state index is -0.0522. The molecule has 0 radical (unpaired) electrons. The third-order valence-corrected chi connectivity index (χ3v) is 5.59. The molecule has 1 aromatic carbocycles. The summed E-state index contributed by atoms with van der Waals surface area (Å²) >= 11 is 11.9. The SMILES string of the molecule is O=C(NCCc1c[nH]c2ccc(Cl)cc12)[C@H]1CCCN(c2ccc(Cl)nn2)C1. The lowest BCUT2D eigenvalue weighted by Gasteiger charge is -2.32. The lowest BCUT2D eigenvalue weighted by Crippen LogP contribution is -2.43. The summed E-state index contributed by atoms with van der Waals surface area (Å²) in [6.07, 6.45) is 4.56. The van der Waals surface area contributed by atoms with E-state index in [2.05, 4.69) is 25.4 Å². The molecule has 1 aliphatic heterocycles. The Hall–Kier alpha value is -2.31. The largest absolute Gasteiger partial charge is 0.361 e. The molecule has 28 heavy (non-hydrogen) atoms. The normalized spacial score (nSPS) is 17.1. The van der Waals surface area contributed by atoms with Crippen LogP contribution in [0.5, 0.6) is 0 Å². The molecule has 1 atom stereocenters. The maximum Gasteiger partial charge on any atom is 0.224 e. The van der Waals surface area contributed by atoms with Crippen LogP contribution in [0.15, 0.2) is 36.5 Å². The van der Waals surface area contributed by atoms with E-state index in [4.69, 9.17) is 23.2 Å². The van der Waals surface area contributed by atoms with E-state index in [1.807, 2.05) is 30.5 Å². The number of anilines is 1. The van der Waals surface area contributed by atoms with E-state index in [0.717, 1.165) is 48.1 Å². The zero-order valence-corrected chi connectivity index (χ0v) is 16.8. The molecule has 4 rings (SSSR count). The number of rotatable bonds is 5. The molecular weight excluding hydrogens is 397 g/mol. The first-order valence-corrected chi connectivity index (χ1v) is 10.1. The molecule has 1 fully saturated rings. The van der Waals surface area contributed by atoms with Crippen LogP contribution in [0, 0.1) is 5.92 Å². The van der Waals surface area contributed by atoms with Gasteiger partial charge in [0.1, 0.15) is 0 Å². The van der Waals surface area contributed by atoms with Crippen LogP contribution in [0.4, 0.5) is 5.82 Å². The summed E-state index contributed by atoms with van der Waals surface area (Å²) < 4.78 is 0. The van der Waals surface area contributed by atoms with Gasteiger partial charge in [-0.05, 0) is 55.2 Å². The van der Waals surface area contributed by atoms with Gasteiger partial charge in [-0.2, -0.15) is 0 Å². The van der Waals surface area contributed by atoms with Gasteiger partial charge in [0, 0.05) is 41.8 Å². The highest BCUT2D eigenvalue weighted by atomic mass is 35.5. The predicted octanol–water partition coefficient (Wildman–Crippen LogP) is 3.84. The molecule has 0 saturated carbocycles. The van der Waals surface area contributed by atoms with Crippen LogP contribution < -0.4 is 10.2 Å². The van der Waals surface area contributed by atoms with Gasteiger partial charge in [-0.15, -0.1) is 10.2 Å². The first-order chi connectivity index (χ1) is 13.6. The lowest BCUT2D eigenvalue weighted by molar-refractivity contribution is -0.125. The van der Waals surface area contributed by atoms with Gasteiger partial charge in [0.15, 0.2) is 11.0 Å². The van der Waals surface area contributed by atoms with Crippen molar-refractivity contribution in [3.8, 4) is 0 Å². The summed E-state index contributed by atoms with van der Waals surface area (Å²) in [4.78, 5) is 18.0. The maximum atomic E-state index is 12.7. The van der Waals surface area contributed by atoms with Gasteiger partial charge in [-0.25, -0.2) is 0 Å². The van der Waals surface area contributed by atoms with Gasteiger partial charge >= 0.3 is 0 Å². The van der Waals surface area contributed by atoms with Crippen molar-refractivity contribution in [1.29, 1.82) is 0 Å². The number of hydrogen-bond donors (Lipinski definition) is 2. The topological polar surface area (TPSA) is 73.9 Å². The fourth-order valence-electron chi connectivity index (χ4n) is 3.70. The molecule has 3 aromatic rings. The van der Waals surface area contributed by atoms with E-state index in [-0.39, 0.29) is 11.8 Å². The highest BCUT2D eigenvalue weighted by Gasteiger charge is 2.26. The quantitative estimate of drug-likeness (QED) is 0.661. The van der Waals surface area contributed by atoms with E-state index in [0.29, 0.717) is 23.3 Å². The Morgan fingerprint density at radius 1 is 1.25 bits per heavy atom. The Labute approximate surface area is 173 Å². The number of piperidine rings is 1. The number of hydrogen-bond acceptors (Lipinski definition) is 4. The molecule has 2 N–H and O–H groups in total. The Morgan fingerprint density at radius 2 is 2.14 bits per heavy atom. The number of carbonyl (C=O) groups is 1. The second kappa shape index (κ2) is 8.37. The van der Waals surface area contributed by atoms with Gasteiger partial charge in [0.25, 0.3) is 0 Å². The number of halogens is 2. The van der Waals surface area contributed by atoms with Crippen LogP contribution >= 0.6 is 23.2 Å². The van der Waals surface area contributed by atoms with E-state index < -0.39 is 0 Å². The fraction of sp³-hybridized carbons (Fsp3) is 0.350. The van der Waals surface area contributed by atoms with Crippen molar-refractivity contribution in [3.05, 3.63) is 52.3 Å². The number of nitrogens with one attached hydrogen (secondary N) is 2. The van der Waals surface area contributed by atoms with E-state index in [1.54, 1.807) is 6.07 Å². The number of aromatic nitrogens is 3. The summed E-state index contributed by atoms with van der Waals surface area (Å²) in [5, 5.41) is 13.3. The van der Waals surface area contributed by atoms with Crippen LogP contribution in [0.3, 0.4) is 0 Å². The van der Waals surface area contributed by atoms with Gasteiger partial charge in [-0.3, -0.25) is 4.79 Å². The van der Waals surface area contributed by atoms with E-state index in [1.165, 1.54) is 0 Å². The first kappa shape index (κ1) is 19.0. The standard InChI is InChI=1S/C20H21Cl2N5O/c21-15-3-4-17-16(10-15)13(11-24-17)7-8-23-20(28)14-2-1-9-27(12-14)19-6-5-18(22)25-26-19/h3-6,10-11,14,24H,1-2,7-9,12H2,(H,23,28)/t14-/m0/s1. The second-order valence-electron chi connectivity index (χ2n) is 7.04. The molecule has 0 spiro atoms. The zero-order valence-electron chi connectivity index (χ0n) is 15.3. The van der Waals surface area contributed by atoms with E-state index >= 15 is 0 Å². The number of amides is 1. The third kappa shape index (κ3) is 4.23. The monoisotopic (exact) mass is 417 g/mol. The molecule has 0 aliphatic carbocycles. The van der Waals surface area contributed by atoms with Crippen LogP contribution in [0.25, 0.3) is 10.9 Å². The molecule has 146 valence electrons. The van der Waals surface area contributed by atoms with Crippen LogP contribution in [-0.4, -0.2) is 40.7 Å². The number of fused-ring (bicyclic) bond motifs is 1. The highest BCUT2D eigenvalue weighted by Crippen LogP contribution is 2.24. The smallest absolute Gasteiger partial charge is 0.224 e. The predicted molar refractivity (Wildman–Crippen MR) is 112 cm³/mol. The summed E-state index contributed by atoms with van der Waals surface area (Å²) in [5.74, 6) is 0.797. The summed E-state index contributed by atoms with van der Waals surface area (Å²) in [5.41, 5.74) is 2.21. The van der Waals surface area contributed by atoms with Crippen molar-refractivity contribution in [2.75, 3.05) is 24.5 Å². The Bertz CT molecular complexity index is 972. The molecule has 1 saturated heterocycles. The molecule has 6 nitrogen and oxygen atoms in total. The zero-order chi connectivity index (χ0) is 19.5. The minimum Gasteiger partial charge on any atom is -0.361 e. The van der Waals surface area contributed by atoms with Gasteiger partial charge in [0.05, 0.1) is 5.92 Å². The molecule has 3 heterocycles. The summed E-state index contributed by atoms with van der Waals surface area (Å²) in [7, 11) is 0. The summed E-state index contributed by atoms with van der Waals surface area (Å²) in [6, 6.07) is 9.36. The van der Waals surface area contributed by atoms with Crippen molar-refractivity contribution in [2.24, 2.45) is 5.92 Å². The van der Waals surface area contributed by atoms with E-state index in [9.17, 15) is 4.79 Å².